The maximum absolute atomic E-state index is 12.9. The van der Waals surface area contributed by atoms with Gasteiger partial charge in [0.2, 0.25) is 5.91 Å². The molecule has 1 aromatic carbocycles. The van der Waals surface area contributed by atoms with E-state index in [0.717, 1.165) is 30.6 Å². The molecule has 0 aliphatic carbocycles. The number of benzene rings is 1. The Morgan fingerprint density at radius 2 is 1.88 bits per heavy atom. The van der Waals surface area contributed by atoms with Crippen molar-refractivity contribution < 1.29 is 9.18 Å². The smallest absolute Gasteiger partial charge is 0.288 e. The van der Waals surface area contributed by atoms with E-state index in [0.29, 0.717) is 11.4 Å². The van der Waals surface area contributed by atoms with Crippen LogP contribution in [0.25, 0.3) is 0 Å². The van der Waals surface area contributed by atoms with Gasteiger partial charge in [0.25, 0.3) is 5.56 Å². The predicted octanol–water partition coefficient (Wildman–Crippen LogP) is 3.23. The number of nitrogens with one attached hydrogen (secondary N) is 1. The quantitative estimate of drug-likeness (QED) is 0.887. The van der Waals surface area contributed by atoms with E-state index in [2.05, 4.69) is 10.4 Å². The molecule has 1 saturated heterocycles. The summed E-state index contributed by atoms with van der Waals surface area (Å²) in [6.45, 7) is 3.24. The first-order valence-electron chi connectivity index (χ1n) is 8.56. The lowest BCUT2D eigenvalue weighted by Crippen LogP contribution is -2.36. The van der Waals surface area contributed by atoms with E-state index in [1.165, 1.54) is 36.9 Å². The van der Waals surface area contributed by atoms with Crippen molar-refractivity contribution in [3.8, 4) is 0 Å². The van der Waals surface area contributed by atoms with Crippen LogP contribution in [0.1, 0.15) is 32.2 Å². The summed E-state index contributed by atoms with van der Waals surface area (Å²) in [5.74, 6) is -0.831. The molecular formula is C18H20ClFN4O2. The summed E-state index contributed by atoms with van der Waals surface area (Å²) >= 11 is 6.27. The van der Waals surface area contributed by atoms with E-state index in [1.54, 1.807) is 6.92 Å². The van der Waals surface area contributed by atoms with Gasteiger partial charge in [0, 0.05) is 18.8 Å². The first-order valence-corrected chi connectivity index (χ1v) is 8.94. The topological polar surface area (TPSA) is 67.2 Å². The zero-order valence-electron chi connectivity index (χ0n) is 14.4. The second kappa shape index (κ2) is 7.86. The molecule has 0 spiro atoms. The average Bonchev–Trinajstić information content (AvgIpc) is 2.66. The zero-order valence-corrected chi connectivity index (χ0v) is 15.2. The van der Waals surface area contributed by atoms with Gasteiger partial charge >= 0.3 is 0 Å². The van der Waals surface area contributed by atoms with E-state index in [-0.39, 0.29) is 5.02 Å². The Bertz CT molecular complexity index is 847. The fraction of sp³-hybridized carbons (Fsp3) is 0.389. The number of carbonyl (C=O) groups excluding carboxylic acids is 1. The van der Waals surface area contributed by atoms with Crippen molar-refractivity contribution in [3.05, 3.63) is 51.7 Å². The fourth-order valence-electron chi connectivity index (χ4n) is 2.96. The van der Waals surface area contributed by atoms with E-state index in [9.17, 15) is 14.0 Å². The highest BCUT2D eigenvalue weighted by atomic mass is 35.5. The van der Waals surface area contributed by atoms with Gasteiger partial charge in [-0.15, -0.1) is 0 Å². The monoisotopic (exact) mass is 378 g/mol. The number of amides is 1. The van der Waals surface area contributed by atoms with Gasteiger partial charge in [-0.2, -0.15) is 5.10 Å². The average molecular weight is 379 g/mol. The Balaban J connectivity index is 1.79. The van der Waals surface area contributed by atoms with Crippen molar-refractivity contribution >= 4 is 28.9 Å². The number of hydrogen-bond donors (Lipinski definition) is 1. The fourth-order valence-corrected chi connectivity index (χ4v) is 3.21. The highest BCUT2D eigenvalue weighted by Gasteiger charge is 2.22. The third-order valence-electron chi connectivity index (χ3n) is 4.48. The van der Waals surface area contributed by atoms with Gasteiger partial charge in [-0.05, 0) is 50.5 Å². The van der Waals surface area contributed by atoms with Crippen molar-refractivity contribution in [3.63, 3.8) is 0 Å². The number of halogens is 2. The van der Waals surface area contributed by atoms with Gasteiger partial charge in [-0.1, -0.05) is 11.6 Å². The van der Waals surface area contributed by atoms with Crippen molar-refractivity contribution in [2.24, 2.45) is 0 Å². The van der Waals surface area contributed by atoms with Gasteiger partial charge in [0.05, 0.1) is 11.9 Å². The zero-order chi connectivity index (χ0) is 18.7. The summed E-state index contributed by atoms with van der Waals surface area (Å²) < 4.78 is 14.0. The minimum absolute atomic E-state index is 0.0725. The molecule has 2 heterocycles. The van der Waals surface area contributed by atoms with E-state index in [1.807, 2.05) is 4.90 Å². The highest BCUT2D eigenvalue weighted by Crippen LogP contribution is 2.25. The second-order valence-corrected chi connectivity index (χ2v) is 6.69. The number of hydrogen-bond acceptors (Lipinski definition) is 4. The Hall–Kier alpha value is -2.41. The third-order valence-corrected chi connectivity index (χ3v) is 4.84. The molecule has 3 rings (SSSR count). The van der Waals surface area contributed by atoms with Gasteiger partial charge in [-0.3, -0.25) is 9.59 Å². The Morgan fingerprint density at radius 3 is 2.54 bits per heavy atom. The van der Waals surface area contributed by atoms with Crippen molar-refractivity contribution in [2.75, 3.05) is 23.3 Å². The minimum Gasteiger partial charge on any atom is -0.369 e. The number of piperidine rings is 1. The number of rotatable bonds is 4. The molecule has 1 aliphatic heterocycles. The largest absolute Gasteiger partial charge is 0.369 e. The summed E-state index contributed by atoms with van der Waals surface area (Å²) in [5, 5.41) is 6.85. The van der Waals surface area contributed by atoms with Crippen LogP contribution in [0, 0.1) is 5.82 Å². The lowest BCUT2D eigenvalue weighted by molar-refractivity contribution is -0.119. The molecule has 1 atom stereocenters. The van der Waals surface area contributed by atoms with Crippen LogP contribution in [0.4, 0.5) is 15.8 Å². The van der Waals surface area contributed by atoms with Crippen LogP contribution in [0.2, 0.25) is 5.02 Å². The summed E-state index contributed by atoms with van der Waals surface area (Å²) in [7, 11) is 0. The van der Waals surface area contributed by atoms with Crippen LogP contribution in [0.5, 0.6) is 0 Å². The molecule has 1 fully saturated rings. The molecule has 2 aromatic rings. The van der Waals surface area contributed by atoms with Crippen molar-refractivity contribution in [1.29, 1.82) is 0 Å². The molecule has 8 heteroatoms. The van der Waals surface area contributed by atoms with E-state index in [4.69, 9.17) is 11.6 Å². The standard InChI is InChI=1S/C18H20ClFN4O2/c1-12(17(25)22-14-7-5-13(20)6-8-14)24-18(26)16(19)15(11-21-24)23-9-3-2-4-10-23/h5-8,11-12H,2-4,9-10H2,1H3,(H,22,25)/t12-/m0/s1. The molecule has 1 amide bonds. The van der Waals surface area contributed by atoms with Crippen LogP contribution in [-0.4, -0.2) is 28.8 Å². The molecule has 0 unspecified atom stereocenters. The van der Waals surface area contributed by atoms with Gasteiger partial charge in [0.1, 0.15) is 16.9 Å². The number of anilines is 2. The molecule has 0 bridgehead atoms. The van der Waals surface area contributed by atoms with Crippen molar-refractivity contribution in [2.45, 2.75) is 32.2 Å². The number of aromatic nitrogens is 2. The van der Waals surface area contributed by atoms with Gasteiger partial charge < -0.3 is 10.2 Å². The van der Waals surface area contributed by atoms with Crippen LogP contribution >= 0.6 is 11.6 Å². The molecule has 6 nitrogen and oxygen atoms in total. The first-order chi connectivity index (χ1) is 12.5. The summed E-state index contributed by atoms with van der Waals surface area (Å²) in [6, 6.07) is 4.52. The Morgan fingerprint density at radius 1 is 1.23 bits per heavy atom. The van der Waals surface area contributed by atoms with Crippen molar-refractivity contribution in [1.82, 2.24) is 9.78 Å². The minimum atomic E-state index is -0.861. The molecule has 0 saturated carbocycles. The Kier molecular flexibility index (Phi) is 5.56. The van der Waals surface area contributed by atoms with Gasteiger partial charge in [0.15, 0.2) is 0 Å². The van der Waals surface area contributed by atoms with Crippen LogP contribution < -0.4 is 15.8 Å². The lowest BCUT2D eigenvalue weighted by Gasteiger charge is -2.29. The molecule has 138 valence electrons. The summed E-state index contributed by atoms with van der Waals surface area (Å²) in [5.41, 5.74) is 0.544. The van der Waals surface area contributed by atoms with Crippen LogP contribution in [-0.2, 0) is 4.79 Å². The highest BCUT2D eigenvalue weighted by molar-refractivity contribution is 6.33. The summed E-state index contributed by atoms with van der Waals surface area (Å²) in [6.07, 6.45) is 4.81. The van der Waals surface area contributed by atoms with Crippen LogP contribution in [0.15, 0.2) is 35.3 Å². The molecular weight excluding hydrogens is 359 g/mol. The normalized spacial score (nSPS) is 15.6. The molecule has 1 aromatic heterocycles. The SMILES string of the molecule is C[C@@H](C(=O)Nc1ccc(F)cc1)n1ncc(N2CCCCC2)c(Cl)c1=O. The lowest BCUT2D eigenvalue weighted by atomic mass is 10.1. The molecule has 1 aliphatic rings. The van der Waals surface area contributed by atoms with Gasteiger partial charge in [-0.25, -0.2) is 9.07 Å². The van der Waals surface area contributed by atoms with E-state index < -0.39 is 23.3 Å². The summed E-state index contributed by atoms with van der Waals surface area (Å²) in [4.78, 5) is 27.0. The van der Waals surface area contributed by atoms with E-state index >= 15 is 0 Å². The Labute approximate surface area is 155 Å². The maximum atomic E-state index is 12.9. The number of nitrogens with zero attached hydrogens (tertiary/aromatic N) is 3. The molecule has 0 radical (unpaired) electrons. The second-order valence-electron chi connectivity index (χ2n) is 6.31. The molecule has 26 heavy (non-hydrogen) atoms. The first kappa shape index (κ1) is 18.4. The number of carbonyl (C=O) groups is 1. The predicted molar refractivity (Wildman–Crippen MR) is 99.3 cm³/mol. The molecule has 1 N–H and O–H groups in total. The third kappa shape index (κ3) is 3.88. The van der Waals surface area contributed by atoms with Crippen LogP contribution in [0.3, 0.4) is 0 Å². The maximum Gasteiger partial charge on any atom is 0.288 e.